The fourth-order valence-corrected chi connectivity index (χ4v) is 3.62. The molecule has 2 aromatic carbocycles. The summed E-state index contributed by atoms with van der Waals surface area (Å²) in [6, 6.07) is 9.75. The summed E-state index contributed by atoms with van der Waals surface area (Å²) in [6.45, 7) is 2.69. The fourth-order valence-electron chi connectivity index (χ4n) is 3.62. The van der Waals surface area contributed by atoms with E-state index in [0.29, 0.717) is 28.4 Å². The van der Waals surface area contributed by atoms with E-state index in [1.54, 1.807) is 31.4 Å². The number of halogens is 1. The summed E-state index contributed by atoms with van der Waals surface area (Å²) in [4.78, 5) is 12.7. The van der Waals surface area contributed by atoms with Crippen molar-refractivity contribution in [2.75, 3.05) is 12.4 Å². The number of anilines is 1. The molecule has 7 heteroatoms. The first-order valence-corrected chi connectivity index (χ1v) is 9.75. The summed E-state index contributed by atoms with van der Waals surface area (Å²) >= 11 is 0. The maximum Gasteiger partial charge on any atom is 0.255 e. The van der Waals surface area contributed by atoms with Crippen LogP contribution in [0.15, 0.2) is 36.4 Å². The van der Waals surface area contributed by atoms with Crippen molar-refractivity contribution in [3.8, 4) is 17.1 Å². The van der Waals surface area contributed by atoms with Crippen molar-refractivity contribution in [3.05, 3.63) is 59.2 Å². The molecule has 1 aromatic heterocycles. The van der Waals surface area contributed by atoms with Crippen molar-refractivity contribution in [2.24, 2.45) is 0 Å². The van der Waals surface area contributed by atoms with Crippen LogP contribution < -0.4 is 10.1 Å². The van der Waals surface area contributed by atoms with Crippen molar-refractivity contribution in [2.45, 2.75) is 39.2 Å². The van der Waals surface area contributed by atoms with Crippen molar-refractivity contribution in [3.63, 3.8) is 0 Å². The lowest BCUT2D eigenvalue weighted by atomic mass is 10.1. The van der Waals surface area contributed by atoms with Gasteiger partial charge in [-0.3, -0.25) is 4.79 Å². The summed E-state index contributed by atoms with van der Waals surface area (Å²) in [7, 11) is 1.57. The number of hydrogen-bond donors (Lipinski definition) is 1. The average Bonchev–Trinajstić information content (AvgIpc) is 2.97. The SMILES string of the molecule is COc1cc(C(=O)Nc2ccc(F)c(-c3nnc4n3CCCCC4)c2)ccc1C. The Bertz CT molecular complexity index is 1060. The summed E-state index contributed by atoms with van der Waals surface area (Å²) < 4.78 is 21.9. The molecular weight excluding hydrogens is 371 g/mol. The van der Waals surface area contributed by atoms with E-state index in [9.17, 15) is 9.18 Å². The highest BCUT2D eigenvalue weighted by atomic mass is 19.1. The first-order valence-electron chi connectivity index (χ1n) is 9.75. The van der Waals surface area contributed by atoms with Gasteiger partial charge in [-0.25, -0.2) is 4.39 Å². The molecule has 0 radical (unpaired) electrons. The second kappa shape index (κ2) is 8.03. The van der Waals surface area contributed by atoms with E-state index in [1.807, 2.05) is 17.6 Å². The van der Waals surface area contributed by atoms with Gasteiger partial charge in [-0.15, -0.1) is 10.2 Å². The van der Waals surface area contributed by atoms with Gasteiger partial charge in [-0.2, -0.15) is 0 Å². The van der Waals surface area contributed by atoms with Crippen LogP contribution in [0.2, 0.25) is 0 Å². The second-order valence-corrected chi connectivity index (χ2v) is 7.24. The highest BCUT2D eigenvalue weighted by Crippen LogP contribution is 2.28. The minimum Gasteiger partial charge on any atom is -0.496 e. The van der Waals surface area contributed by atoms with Crippen molar-refractivity contribution in [1.29, 1.82) is 0 Å². The molecule has 1 amide bonds. The predicted octanol–water partition coefficient (Wildman–Crippen LogP) is 4.38. The summed E-state index contributed by atoms with van der Waals surface area (Å²) in [5.74, 6) is 1.36. The van der Waals surface area contributed by atoms with E-state index in [-0.39, 0.29) is 11.7 Å². The summed E-state index contributed by atoms with van der Waals surface area (Å²) in [5.41, 5.74) is 2.25. The van der Waals surface area contributed by atoms with Crippen molar-refractivity contribution in [1.82, 2.24) is 14.8 Å². The fraction of sp³-hybridized carbons (Fsp3) is 0.318. The van der Waals surface area contributed by atoms with Crippen molar-refractivity contribution < 1.29 is 13.9 Å². The zero-order chi connectivity index (χ0) is 20.4. The van der Waals surface area contributed by atoms with E-state index < -0.39 is 0 Å². The first-order chi connectivity index (χ1) is 14.1. The maximum atomic E-state index is 14.6. The monoisotopic (exact) mass is 394 g/mol. The van der Waals surface area contributed by atoms with E-state index in [4.69, 9.17) is 4.74 Å². The molecule has 0 saturated heterocycles. The van der Waals surface area contributed by atoms with E-state index >= 15 is 0 Å². The number of methoxy groups -OCH3 is 1. The zero-order valence-corrected chi connectivity index (χ0v) is 16.5. The number of benzene rings is 2. The number of nitrogens with one attached hydrogen (secondary N) is 1. The van der Waals surface area contributed by atoms with Crippen LogP contribution in [0, 0.1) is 12.7 Å². The van der Waals surface area contributed by atoms with Crippen molar-refractivity contribution >= 4 is 11.6 Å². The Morgan fingerprint density at radius 1 is 1.14 bits per heavy atom. The van der Waals surface area contributed by atoms with E-state index in [1.165, 1.54) is 6.07 Å². The second-order valence-electron chi connectivity index (χ2n) is 7.24. The third kappa shape index (κ3) is 3.85. The first kappa shape index (κ1) is 19.1. The summed E-state index contributed by atoms with van der Waals surface area (Å²) in [5, 5.41) is 11.3. The van der Waals surface area contributed by atoms with Gasteiger partial charge in [-0.1, -0.05) is 12.5 Å². The van der Waals surface area contributed by atoms with Gasteiger partial charge in [-0.05, 0) is 55.7 Å². The third-order valence-electron chi connectivity index (χ3n) is 5.24. The standard InChI is InChI=1S/C22H23FN4O2/c1-14-7-8-15(12-19(14)29-2)22(28)24-16-9-10-18(23)17(13-16)21-26-25-20-6-4-3-5-11-27(20)21/h7-10,12-13H,3-6,11H2,1-2H3,(H,24,28). The Balaban J connectivity index is 1.63. The lowest BCUT2D eigenvalue weighted by Crippen LogP contribution is -2.12. The molecule has 29 heavy (non-hydrogen) atoms. The Kier molecular flexibility index (Phi) is 5.29. The van der Waals surface area contributed by atoms with Gasteiger partial charge in [0.05, 0.1) is 12.7 Å². The number of hydrogen-bond acceptors (Lipinski definition) is 4. The average molecular weight is 394 g/mol. The van der Waals surface area contributed by atoms with Gasteiger partial charge in [0.25, 0.3) is 5.91 Å². The molecule has 1 aliphatic rings. The van der Waals surface area contributed by atoms with Crippen LogP contribution in [-0.2, 0) is 13.0 Å². The van der Waals surface area contributed by atoms with Gasteiger partial charge in [0, 0.05) is 24.2 Å². The number of aromatic nitrogens is 3. The van der Waals surface area contributed by atoms with Crippen LogP contribution in [-0.4, -0.2) is 27.8 Å². The quantitative estimate of drug-likeness (QED) is 0.713. The third-order valence-corrected chi connectivity index (χ3v) is 5.24. The molecule has 0 aliphatic carbocycles. The molecule has 4 rings (SSSR count). The molecule has 6 nitrogen and oxygen atoms in total. The number of aryl methyl sites for hydroxylation is 2. The van der Waals surface area contributed by atoms with Crippen LogP contribution in [0.5, 0.6) is 5.75 Å². The van der Waals surface area contributed by atoms with Gasteiger partial charge in [0.15, 0.2) is 5.82 Å². The number of rotatable bonds is 4. The highest BCUT2D eigenvalue weighted by molar-refractivity contribution is 6.04. The zero-order valence-electron chi connectivity index (χ0n) is 16.5. The Morgan fingerprint density at radius 3 is 2.83 bits per heavy atom. The maximum absolute atomic E-state index is 14.6. The Labute approximate surface area is 168 Å². The largest absolute Gasteiger partial charge is 0.496 e. The molecule has 2 heterocycles. The molecule has 0 saturated carbocycles. The van der Waals surface area contributed by atoms with Gasteiger partial charge >= 0.3 is 0 Å². The normalized spacial score (nSPS) is 13.5. The molecular formula is C22H23FN4O2. The van der Waals surface area contributed by atoms with Gasteiger partial charge < -0.3 is 14.6 Å². The van der Waals surface area contributed by atoms with Crippen LogP contribution in [0.3, 0.4) is 0 Å². The van der Waals surface area contributed by atoms with E-state index in [0.717, 1.165) is 43.6 Å². The van der Waals surface area contributed by atoms with E-state index in [2.05, 4.69) is 15.5 Å². The summed E-state index contributed by atoms with van der Waals surface area (Å²) in [6.07, 6.45) is 4.06. The van der Waals surface area contributed by atoms with Gasteiger partial charge in [0.2, 0.25) is 0 Å². The number of ether oxygens (including phenoxy) is 1. The molecule has 0 unspecified atom stereocenters. The highest BCUT2D eigenvalue weighted by Gasteiger charge is 2.19. The van der Waals surface area contributed by atoms with Crippen LogP contribution in [0.1, 0.15) is 41.0 Å². The number of fused-ring (bicyclic) bond motifs is 1. The number of amides is 1. The number of carbonyl (C=O) groups is 1. The van der Waals surface area contributed by atoms with Crippen LogP contribution in [0.25, 0.3) is 11.4 Å². The van der Waals surface area contributed by atoms with Gasteiger partial charge in [0.1, 0.15) is 17.4 Å². The lowest BCUT2D eigenvalue weighted by molar-refractivity contribution is 0.102. The van der Waals surface area contributed by atoms with Crippen LogP contribution >= 0.6 is 0 Å². The minimum absolute atomic E-state index is 0.291. The van der Waals surface area contributed by atoms with Crippen LogP contribution in [0.4, 0.5) is 10.1 Å². The molecule has 0 bridgehead atoms. The molecule has 1 N–H and O–H groups in total. The molecule has 1 aliphatic heterocycles. The Morgan fingerprint density at radius 2 is 2.00 bits per heavy atom. The lowest BCUT2D eigenvalue weighted by Gasteiger charge is -2.11. The minimum atomic E-state index is -0.389. The molecule has 0 spiro atoms. The molecule has 3 aromatic rings. The molecule has 0 fully saturated rings. The molecule has 150 valence electrons. The number of carbonyl (C=O) groups excluding carboxylic acids is 1. The smallest absolute Gasteiger partial charge is 0.255 e. The number of nitrogens with zero attached hydrogens (tertiary/aromatic N) is 3. The Hall–Kier alpha value is -3.22. The molecule has 0 atom stereocenters. The topological polar surface area (TPSA) is 69.0 Å². The predicted molar refractivity (Wildman–Crippen MR) is 109 cm³/mol.